The monoisotopic (exact) mass is 333 g/mol. The number of unbranched alkanes of at least 4 members (excludes halogenated alkanes) is 1. The fraction of sp³-hybridized carbons (Fsp3) is 0.250. The zero-order valence-electron chi connectivity index (χ0n) is 14.3. The molecule has 0 aliphatic heterocycles. The third-order valence-corrected chi connectivity index (χ3v) is 4.17. The van der Waals surface area contributed by atoms with Gasteiger partial charge in [0.1, 0.15) is 23.2 Å². The van der Waals surface area contributed by atoms with Crippen LogP contribution in [0.5, 0.6) is 5.75 Å². The van der Waals surface area contributed by atoms with Gasteiger partial charge in [0, 0.05) is 11.8 Å². The van der Waals surface area contributed by atoms with Crippen LogP contribution in [0.15, 0.2) is 42.6 Å². The van der Waals surface area contributed by atoms with E-state index in [0.29, 0.717) is 22.6 Å². The molecule has 0 unspecified atom stereocenters. The summed E-state index contributed by atoms with van der Waals surface area (Å²) in [6, 6.07) is 12.7. The summed E-state index contributed by atoms with van der Waals surface area (Å²) in [5, 5.41) is 9.27. The van der Waals surface area contributed by atoms with Gasteiger partial charge in [-0.2, -0.15) is 5.26 Å². The fourth-order valence-corrected chi connectivity index (χ4v) is 2.88. The molecule has 3 rings (SSSR count). The summed E-state index contributed by atoms with van der Waals surface area (Å²) in [6.45, 7) is 2.11. The van der Waals surface area contributed by atoms with Crippen molar-refractivity contribution >= 4 is 11.4 Å². The van der Waals surface area contributed by atoms with E-state index in [1.54, 1.807) is 18.2 Å². The number of pyridine rings is 1. The number of aryl methyl sites for hydroxylation is 1. The number of hydrogen-bond donors (Lipinski definition) is 0. The van der Waals surface area contributed by atoms with Crippen molar-refractivity contribution in [2.24, 2.45) is 0 Å². The molecular formula is C20H19N3O2. The molecule has 0 aliphatic carbocycles. The smallest absolute Gasteiger partial charge is 0.211 e. The Morgan fingerprint density at radius 1 is 1.32 bits per heavy atom. The molecule has 0 aliphatic rings. The third kappa shape index (κ3) is 3.11. The standard InChI is InChI=1S/C20H19N3O2/c1-3-4-7-16-19(23-11-6-5-8-18(23)22-16)20(24)14-9-10-17(25-2)15(12-14)13-21/h5-6,8-12H,3-4,7H2,1-2H3. The zero-order valence-corrected chi connectivity index (χ0v) is 14.3. The topological polar surface area (TPSA) is 67.4 Å². The molecule has 126 valence electrons. The first-order valence-electron chi connectivity index (χ1n) is 8.28. The van der Waals surface area contributed by atoms with E-state index in [0.717, 1.165) is 30.6 Å². The maximum absolute atomic E-state index is 13.2. The summed E-state index contributed by atoms with van der Waals surface area (Å²) in [5.74, 6) is 0.326. The average Bonchev–Trinajstić information content (AvgIpc) is 3.03. The van der Waals surface area contributed by atoms with Gasteiger partial charge in [0.25, 0.3) is 0 Å². The van der Waals surface area contributed by atoms with Crippen LogP contribution in [0.4, 0.5) is 0 Å². The Kier molecular flexibility index (Phi) is 4.80. The molecule has 2 heterocycles. The maximum Gasteiger partial charge on any atom is 0.211 e. The molecule has 3 aromatic rings. The fourth-order valence-electron chi connectivity index (χ4n) is 2.88. The number of rotatable bonds is 6. The molecule has 0 atom stereocenters. The minimum absolute atomic E-state index is 0.135. The van der Waals surface area contributed by atoms with Crippen molar-refractivity contribution in [2.45, 2.75) is 26.2 Å². The van der Waals surface area contributed by atoms with Gasteiger partial charge < -0.3 is 4.74 Å². The molecule has 0 saturated heterocycles. The summed E-state index contributed by atoms with van der Waals surface area (Å²) in [6.07, 6.45) is 4.60. The Morgan fingerprint density at radius 2 is 2.16 bits per heavy atom. The van der Waals surface area contributed by atoms with E-state index in [9.17, 15) is 10.1 Å². The number of nitriles is 1. The first-order valence-corrected chi connectivity index (χ1v) is 8.28. The first-order chi connectivity index (χ1) is 12.2. The average molecular weight is 333 g/mol. The normalized spacial score (nSPS) is 10.6. The van der Waals surface area contributed by atoms with Gasteiger partial charge in [-0.1, -0.05) is 19.4 Å². The van der Waals surface area contributed by atoms with Gasteiger partial charge in [-0.05, 0) is 43.2 Å². The highest BCUT2D eigenvalue weighted by Crippen LogP contribution is 2.23. The SMILES string of the molecule is CCCCc1nc2ccccn2c1C(=O)c1ccc(OC)c(C#N)c1. The number of hydrogen-bond acceptors (Lipinski definition) is 4. The van der Waals surface area contributed by atoms with E-state index in [4.69, 9.17) is 4.74 Å². The van der Waals surface area contributed by atoms with E-state index < -0.39 is 0 Å². The van der Waals surface area contributed by atoms with Crippen LogP contribution in [0.1, 0.15) is 47.1 Å². The van der Waals surface area contributed by atoms with Gasteiger partial charge in [-0.25, -0.2) is 4.98 Å². The number of ether oxygens (including phenoxy) is 1. The lowest BCUT2D eigenvalue weighted by atomic mass is 10.0. The van der Waals surface area contributed by atoms with Crippen molar-refractivity contribution in [3.8, 4) is 11.8 Å². The Labute approximate surface area is 146 Å². The van der Waals surface area contributed by atoms with E-state index in [2.05, 4.69) is 18.0 Å². The third-order valence-electron chi connectivity index (χ3n) is 4.17. The molecule has 0 saturated carbocycles. The Hall–Kier alpha value is -3.13. The number of fused-ring (bicyclic) bond motifs is 1. The van der Waals surface area contributed by atoms with Crippen LogP contribution in [0, 0.1) is 11.3 Å². The maximum atomic E-state index is 13.2. The van der Waals surface area contributed by atoms with Gasteiger partial charge in [0.15, 0.2) is 0 Å². The van der Waals surface area contributed by atoms with E-state index >= 15 is 0 Å². The van der Waals surface area contributed by atoms with Gasteiger partial charge >= 0.3 is 0 Å². The van der Waals surface area contributed by atoms with Crippen LogP contribution >= 0.6 is 0 Å². The van der Waals surface area contributed by atoms with Crippen molar-refractivity contribution in [1.29, 1.82) is 5.26 Å². The summed E-state index contributed by atoms with van der Waals surface area (Å²) >= 11 is 0. The lowest BCUT2D eigenvalue weighted by molar-refractivity contribution is 0.103. The second kappa shape index (κ2) is 7.18. The first kappa shape index (κ1) is 16.7. The quantitative estimate of drug-likeness (QED) is 0.644. The largest absolute Gasteiger partial charge is 0.495 e. The molecule has 0 N–H and O–H groups in total. The zero-order chi connectivity index (χ0) is 17.8. The van der Waals surface area contributed by atoms with Crippen LogP contribution in [0.2, 0.25) is 0 Å². The predicted molar refractivity (Wildman–Crippen MR) is 94.9 cm³/mol. The number of aromatic nitrogens is 2. The van der Waals surface area contributed by atoms with E-state index in [-0.39, 0.29) is 5.78 Å². The molecule has 0 radical (unpaired) electrons. The highest BCUT2D eigenvalue weighted by atomic mass is 16.5. The highest BCUT2D eigenvalue weighted by Gasteiger charge is 2.21. The Balaban J connectivity index is 2.12. The van der Waals surface area contributed by atoms with Crippen molar-refractivity contribution < 1.29 is 9.53 Å². The number of carbonyl (C=O) groups is 1. The molecule has 5 nitrogen and oxygen atoms in total. The molecule has 0 bridgehead atoms. The number of benzene rings is 1. The van der Waals surface area contributed by atoms with Crippen LogP contribution in [-0.4, -0.2) is 22.3 Å². The van der Waals surface area contributed by atoms with Gasteiger partial charge in [0.05, 0.1) is 18.4 Å². The van der Waals surface area contributed by atoms with Crippen molar-refractivity contribution in [3.63, 3.8) is 0 Å². The molecule has 25 heavy (non-hydrogen) atoms. The van der Waals surface area contributed by atoms with Crippen LogP contribution in [0.25, 0.3) is 5.65 Å². The van der Waals surface area contributed by atoms with Crippen molar-refractivity contribution in [2.75, 3.05) is 7.11 Å². The summed E-state index contributed by atoms with van der Waals surface area (Å²) in [7, 11) is 1.50. The second-order valence-electron chi connectivity index (χ2n) is 5.80. The van der Waals surface area contributed by atoms with Crippen molar-refractivity contribution in [3.05, 3.63) is 65.1 Å². The number of imidazole rings is 1. The predicted octanol–water partition coefficient (Wildman–Crippen LogP) is 3.79. The molecule has 2 aromatic heterocycles. The number of nitrogens with zero attached hydrogens (tertiary/aromatic N) is 3. The summed E-state index contributed by atoms with van der Waals surface area (Å²) in [5.41, 5.74) is 2.93. The molecule has 1 aromatic carbocycles. The highest BCUT2D eigenvalue weighted by molar-refractivity contribution is 6.09. The minimum Gasteiger partial charge on any atom is -0.495 e. The van der Waals surface area contributed by atoms with E-state index in [1.807, 2.05) is 28.8 Å². The summed E-state index contributed by atoms with van der Waals surface area (Å²) in [4.78, 5) is 17.8. The number of ketones is 1. The second-order valence-corrected chi connectivity index (χ2v) is 5.80. The number of methoxy groups -OCH3 is 1. The molecule has 5 heteroatoms. The van der Waals surface area contributed by atoms with Gasteiger partial charge in [-0.15, -0.1) is 0 Å². The molecule has 0 spiro atoms. The van der Waals surface area contributed by atoms with Crippen LogP contribution < -0.4 is 4.74 Å². The van der Waals surface area contributed by atoms with Crippen molar-refractivity contribution in [1.82, 2.24) is 9.38 Å². The van der Waals surface area contributed by atoms with Crippen LogP contribution in [-0.2, 0) is 6.42 Å². The lowest BCUT2D eigenvalue weighted by Crippen LogP contribution is -2.09. The van der Waals surface area contributed by atoms with Crippen LogP contribution in [0.3, 0.4) is 0 Å². The molecule has 0 amide bonds. The molecular weight excluding hydrogens is 314 g/mol. The van der Waals surface area contributed by atoms with E-state index in [1.165, 1.54) is 7.11 Å². The number of carbonyl (C=O) groups excluding carboxylic acids is 1. The van der Waals surface area contributed by atoms with Gasteiger partial charge in [-0.3, -0.25) is 9.20 Å². The Bertz CT molecular complexity index is 967. The lowest BCUT2D eigenvalue weighted by Gasteiger charge is -2.07. The minimum atomic E-state index is -0.135. The Morgan fingerprint density at radius 3 is 2.88 bits per heavy atom. The molecule has 0 fully saturated rings. The summed E-state index contributed by atoms with van der Waals surface area (Å²) < 4.78 is 6.98. The van der Waals surface area contributed by atoms with Gasteiger partial charge in [0.2, 0.25) is 5.78 Å².